The minimum atomic E-state index is -0.192. The van der Waals surface area contributed by atoms with Gasteiger partial charge in [-0.3, -0.25) is 5.41 Å². The lowest BCUT2D eigenvalue weighted by Gasteiger charge is -1.98. The number of nitrogens with two attached hydrogens (primary N) is 1. The van der Waals surface area contributed by atoms with Crippen LogP contribution in [0.25, 0.3) is 16.5 Å². The Morgan fingerprint density at radius 3 is 2.81 bits per heavy atom. The molecule has 0 fully saturated rings. The molecule has 0 saturated carbocycles. The number of hydrogen-bond donors (Lipinski definition) is 3. The molecule has 5 nitrogen and oxygen atoms in total. The Balaban J connectivity index is 2.93. The average molecular weight is 216 g/mol. The van der Waals surface area contributed by atoms with Crippen LogP contribution in [0.15, 0.2) is 24.8 Å². The molecule has 5 heteroatoms. The molecule has 2 aromatic rings. The second-order valence-electron chi connectivity index (χ2n) is 3.60. The molecule has 0 unspecified atom stereocenters. The second kappa shape index (κ2) is 3.37. The highest BCUT2D eigenvalue weighted by atomic mass is 16.3. The van der Waals surface area contributed by atoms with Crippen molar-refractivity contribution in [2.45, 2.75) is 6.92 Å². The van der Waals surface area contributed by atoms with E-state index in [1.807, 2.05) is 0 Å². The smallest absolute Gasteiger partial charge is 0.214 e. The van der Waals surface area contributed by atoms with Gasteiger partial charge in [-0.2, -0.15) is 9.78 Å². The third-order valence-corrected chi connectivity index (χ3v) is 2.32. The van der Waals surface area contributed by atoms with Gasteiger partial charge in [-0.05, 0) is 24.6 Å². The summed E-state index contributed by atoms with van der Waals surface area (Å²) in [6.45, 7) is 5.58. The summed E-state index contributed by atoms with van der Waals surface area (Å²) < 4.78 is 1.28. The number of allylic oxidation sites excluding steroid dienone is 1. The summed E-state index contributed by atoms with van der Waals surface area (Å²) in [5, 5.41) is 21.9. The van der Waals surface area contributed by atoms with Gasteiger partial charge < -0.3 is 10.8 Å². The SMILES string of the molecule is C=C(C)c1nn(C(=N)N)c2cccc(O)c12. The van der Waals surface area contributed by atoms with Crippen LogP contribution in [0.3, 0.4) is 0 Å². The van der Waals surface area contributed by atoms with Crippen molar-refractivity contribution in [3.63, 3.8) is 0 Å². The van der Waals surface area contributed by atoms with Gasteiger partial charge in [0.2, 0.25) is 5.96 Å². The maximum atomic E-state index is 9.79. The summed E-state index contributed by atoms with van der Waals surface area (Å²) in [5.41, 5.74) is 7.29. The van der Waals surface area contributed by atoms with Crippen LogP contribution in [-0.4, -0.2) is 20.8 Å². The van der Waals surface area contributed by atoms with Gasteiger partial charge in [-0.25, -0.2) is 0 Å². The molecule has 0 bridgehead atoms. The van der Waals surface area contributed by atoms with Crippen molar-refractivity contribution in [3.8, 4) is 5.75 Å². The third kappa shape index (κ3) is 1.33. The van der Waals surface area contributed by atoms with E-state index in [9.17, 15) is 5.11 Å². The summed E-state index contributed by atoms with van der Waals surface area (Å²) in [6.07, 6.45) is 0. The molecule has 1 heterocycles. The van der Waals surface area contributed by atoms with Crippen molar-refractivity contribution in [1.29, 1.82) is 5.41 Å². The Morgan fingerprint density at radius 1 is 1.56 bits per heavy atom. The Kier molecular flexibility index (Phi) is 2.16. The van der Waals surface area contributed by atoms with E-state index in [1.165, 1.54) is 4.68 Å². The van der Waals surface area contributed by atoms with Crippen molar-refractivity contribution < 1.29 is 5.11 Å². The van der Waals surface area contributed by atoms with Crippen molar-refractivity contribution in [3.05, 3.63) is 30.5 Å². The molecule has 0 aliphatic rings. The predicted molar refractivity (Wildman–Crippen MR) is 63.4 cm³/mol. The van der Waals surface area contributed by atoms with Crippen molar-refractivity contribution in [2.75, 3.05) is 0 Å². The summed E-state index contributed by atoms with van der Waals surface area (Å²) in [6, 6.07) is 5.00. The molecule has 0 amide bonds. The molecule has 0 atom stereocenters. The van der Waals surface area contributed by atoms with Crippen molar-refractivity contribution >= 4 is 22.4 Å². The monoisotopic (exact) mass is 216 g/mol. The Hall–Kier alpha value is -2.30. The number of aromatic hydroxyl groups is 1. The fourth-order valence-corrected chi connectivity index (χ4v) is 1.63. The second-order valence-corrected chi connectivity index (χ2v) is 3.60. The Bertz CT molecular complexity index is 597. The zero-order valence-corrected chi connectivity index (χ0v) is 8.86. The number of rotatable bonds is 1. The Morgan fingerprint density at radius 2 is 2.25 bits per heavy atom. The largest absolute Gasteiger partial charge is 0.507 e. The van der Waals surface area contributed by atoms with Gasteiger partial charge >= 0.3 is 0 Å². The van der Waals surface area contributed by atoms with Crippen LogP contribution in [0.2, 0.25) is 0 Å². The van der Waals surface area contributed by atoms with E-state index in [0.29, 0.717) is 22.2 Å². The van der Waals surface area contributed by atoms with E-state index in [1.54, 1.807) is 25.1 Å². The summed E-state index contributed by atoms with van der Waals surface area (Å²) >= 11 is 0. The van der Waals surface area contributed by atoms with Crippen LogP contribution in [0.5, 0.6) is 5.75 Å². The van der Waals surface area contributed by atoms with Crippen LogP contribution >= 0.6 is 0 Å². The topological polar surface area (TPSA) is 87.9 Å². The molecule has 16 heavy (non-hydrogen) atoms. The molecular weight excluding hydrogens is 204 g/mol. The molecule has 0 radical (unpaired) electrons. The lowest BCUT2D eigenvalue weighted by Crippen LogP contribution is -2.21. The lowest BCUT2D eigenvalue weighted by atomic mass is 10.1. The zero-order chi connectivity index (χ0) is 11.9. The first-order valence-corrected chi connectivity index (χ1v) is 4.73. The molecule has 82 valence electrons. The fraction of sp³-hybridized carbons (Fsp3) is 0.0909. The molecule has 0 aliphatic heterocycles. The molecule has 0 aliphatic carbocycles. The first-order valence-electron chi connectivity index (χ1n) is 4.73. The number of benzene rings is 1. The molecule has 1 aromatic heterocycles. The fourth-order valence-electron chi connectivity index (χ4n) is 1.63. The van der Waals surface area contributed by atoms with Crippen LogP contribution in [-0.2, 0) is 0 Å². The average Bonchev–Trinajstić information content (AvgIpc) is 2.58. The minimum Gasteiger partial charge on any atom is -0.507 e. The number of nitrogen functional groups attached to an aromatic ring is 1. The highest BCUT2D eigenvalue weighted by Crippen LogP contribution is 2.30. The molecular formula is C11H12N4O. The number of nitrogens with zero attached hydrogens (tertiary/aromatic N) is 2. The minimum absolute atomic E-state index is 0.114. The van der Waals surface area contributed by atoms with Gasteiger partial charge in [-0.1, -0.05) is 12.6 Å². The maximum Gasteiger partial charge on any atom is 0.214 e. The van der Waals surface area contributed by atoms with E-state index in [2.05, 4.69) is 11.7 Å². The van der Waals surface area contributed by atoms with E-state index >= 15 is 0 Å². The van der Waals surface area contributed by atoms with E-state index < -0.39 is 0 Å². The van der Waals surface area contributed by atoms with Gasteiger partial charge in [0, 0.05) is 0 Å². The van der Waals surface area contributed by atoms with Crippen LogP contribution in [0, 0.1) is 5.41 Å². The normalized spacial score (nSPS) is 10.6. The molecule has 2 rings (SSSR count). The standard InChI is InChI=1S/C11H12N4O/c1-6(2)10-9-7(4-3-5-8(9)16)15(14-10)11(12)13/h3-5,16H,1H2,2H3,(H3,12,13). The first-order chi connectivity index (χ1) is 7.52. The number of fused-ring (bicyclic) bond motifs is 1. The van der Waals surface area contributed by atoms with E-state index in [4.69, 9.17) is 11.1 Å². The third-order valence-electron chi connectivity index (χ3n) is 2.32. The van der Waals surface area contributed by atoms with Crippen molar-refractivity contribution in [1.82, 2.24) is 9.78 Å². The summed E-state index contributed by atoms with van der Waals surface area (Å²) in [5.74, 6) is -0.0777. The van der Waals surface area contributed by atoms with E-state index in [-0.39, 0.29) is 11.7 Å². The van der Waals surface area contributed by atoms with Gasteiger partial charge in [0.05, 0.1) is 16.6 Å². The van der Waals surface area contributed by atoms with Gasteiger partial charge in [0.1, 0.15) is 5.75 Å². The first kappa shape index (κ1) is 10.2. The van der Waals surface area contributed by atoms with Crippen LogP contribution in [0.1, 0.15) is 12.6 Å². The summed E-state index contributed by atoms with van der Waals surface area (Å²) in [4.78, 5) is 0. The van der Waals surface area contributed by atoms with Gasteiger partial charge in [0.25, 0.3) is 0 Å². The predicted octanol–water partition coefficient (Wildman–Crippen LogP) is 1.52. The Labute approximate surface area is 92.3 Å². The summed E-state index contributed by atoms with van der Waals surface area (Å²) in [7, 11) is 0. The lowest BCUT2D eigenvalue weighted by molar-refractivity contribution is 0.481. The van der Waals surface area contributed by atoms with Crippen molar-refractivity contribution in [2.24, 2.45) is 5.73 Å². The quantitative estimate of drug-likeness (QED) is 0.498. The molecule has 0 spiro atoms. The number of nitrogens with one attached hydrogen (secondary N) is 1. The van der Waals surface area contributed by atoms with Gasteiger partial charge in [0.15, 0.2) is 0 Å². The molecule has 1 aromatic carbocycles. The highest BCUT2D eigenvalue weighted by Gasteiger charge is 2.15. The molecule has 4 N–H and O–H groups in total. The number of aromatic nitrogens is 2. The van der Waals surface area contributed by atoms with Crippen LogP contribution in [0.4, 0.5) is 0 Å². The van der Waals surface area contributed by atoms with E-state index in [0.717, 1.165) is 0 Å². The molecule has 0 saturated heterocycles. The highest BCUT2D eigenvalue weighted by molar-refractivity contribution is 5.99. The van der Waals surface area contributed by atoms with Gasteiger partial charge in [-0.15, -0.1) is 0 Å². The van der Waals surface area contributed by atoms with Crippen LogP contribution < -0.4 is 5.73 Å². The maximum absolute atomic E-state index is 9.79. The zero-order valence-electron chi connectivity index (χ0n) is 8.86. The number of phenols is 1. The number of hydrogen-bond acceptors (Lipinski definition) is 3. The number of phenolic OH excluding ortho intramolecular Hbond substituents is 1.